The summed E-state index contributed by atoms with van der Waals surface area (Å²) >= 11 is 1.58. The normalized spacial score (nSPS) is 21.9. The first-order valence-corrected chi connectivity index (χ1v) is 10.8. The third kappa shape index (κ3) is 7.38. The van der Waals surface area contributed by atoms with Crippen molar-refractivity contribution in [3.63, 3.8) is 0 Å². The zero-order valence-corrected chi connectivity index (χ0v) is 18.5. The second-order valence-corrected chi connectivity index (χ2v) is 9.00. The molecule has 2 aliphatic rings. The Labute approximate surface area is 173 Å². The smallest absolute Gasteiger partial charge is 0.263 e. The van der Waals surface area contributed by atoms with Crippen LogP contribution in [0.2, 0.25) is 0 Å². The quantitative estimate of drug-likeness (QED) is 0.642. The molecular weight excluding hydrogens is 375 g/mol. The van der Waals surface area contributed by atoms with Gasteiger partial charge in [0.15, 0.2) is 0 Å². The molecule has 28 heavy (non-hydrogen) atoms. The van der Waals surface area contributed by atoms with Gasteiger partial charge in [0.2, 0.25) is 6.41 Å². The van der Waals surface area contributed by atoms with E-state index >= 15 is 0 Å². The van der Waals surface area contributed by atoms with E-state index < -0.39 is 0 Å². The molecule has 1 aromatic rings. The van der Waals surface area contributed by atoms with Gasteiger partial charge in [-0.3, -0.25) is 9.59 Å². The van der Waals surface area contributed by atoms with Crippen LogP contribution < -0.4 is 0 Å². The van der Waals surface area contributed by atoms with Gasteiger partial charge in [0.05, 0.1) is 5.04 Å². The van der Waals surface area contributed by atoms with Crippen molar-refractivity contribution in [2.45, 2.75) is 65.0 Å². The monoisotopic (exact) mass is 408 g/mol. The molecule has 1 unspecified atom stereocenters. The number of benzene rings is 1. The number of likely N-dealkylation sites (tertiary alicyclic amines) is 1. The number of nitrogens with zero attached hydrogens (tertiary/aromatic N) is 2. The number of carbonyl (C=O) groups is 2. The number of halogens is 1. The maximum Gasteiger partial charge on any atom is 0.263 e. The molecule has 4 nitrogen and oxygen atoms in total. The molecule has 156 valence electrons. The van der Waals surface area contributed by atoms with Crippen LogP contribution in [-0.2, 0) is 9.59 Å². The van der Waals surface area contributed by atoms with E-state index in [4.69, 9.17) is 0 Å². The van der Waals surface area contributed by atoms with Gasteiger partial charge < -0.3 is 4.90 Å². The lowest BCUT2D eigenvalue weighted by Gasteiger charge is -2.37. The summed E-state index contributed by atoms with van der Waals surface area (Å²) in [4.78, 5) is 28.3. The van der Waals surface area contributed by atoms with E-state index in [1.807, 2.05) is 20.8 Å². The minimum absolute atomic E-state index is 0.000414. The molecule has 0 spiro atoms. The van der Waals surface area contributed by atoms with E-state index in [1.165, 1.54) is 25.0 Å². The number of thioether (sulfide) groups is 1. The van der Waals surface area contributed by atoms with Crippen molar-refractivity contribution in [2.24, 2.45) is 10.9 Å². The third-order valence-electron chi connectivity index (χ3n) is 5.01. The number of carbonyl (C=O) groups excluding carboxylic acids is 2. The molecule has 2 amide bonds. The minimum atomic E-state index is -0.390. The van der Waals surface area contributed by atoms with E-state index in [1.54, 1.807) is 28.8 Å². The first-order chi connectivity index (χ1) is 13.3. The number of hydrogen-bond acceptors (Lipinski definition) is 3. The fourth-order valence-electron chi connectivity index (χ4n) is 2.97. The summed E-state index contributed by atoms with van der Waals surface area (Å²) in [5.41, 5.74) is 1.09. The molecule has 0 aliphatic carbocycles. The van der Waals surface area contributed by atoms with Crippen molar-refractivity contribution in [2.75, 3.05) is 13.1 Å². The topological polar surface area (TPSA) is 49.7 Å². The Kier molecular flexibility index (Phi) is 10.4. The molecule has 2 heterocycles. The fourth-order valence-corrected chi connectivity index (χ4v) is 4.25. The van der Waals surface area contributed by atoms with Gasteiger partial charge in [-0.15, -0.1) is 0 Å². The van der Waals surface area contributed by atoms with Crippen LogP contribution in [0.15, 0.2) is 29.3 Å². The van der Waals surface area contributed by atoms with Crippen LogP contribution in [-0.4, -0.2) is 40.1 Å². The molecule has 0 N–H and O–H groups in total. The third-order valence-corrected chi connectivity index (χ3v) is 6.33. The van der Waals surface area contributed by atoms with E-state index in [0.29, 0.717) is 5.92 Å². The van der Waals surface area contributed by atoms with Crippen molar-refractivity contribution < 1.29 is 14.0 Å². The second kappa shape index (κ2) is 12.0. The number of piperidine rings is 1. The fraction of sp³-hybridized carbons (Fsp3) is 0.591. The molecule has 0 saturated carbocycles. The zero-order valence-electron chi connectivity index (χ0n) is 17.7. The molecule has 6 heteroatoms. The highest BCUT2D eigenvalue weighted by molar-refractivity contribution is 8.16. The van der Waals surface area contributed by atoms with Crippen molar-refractivity contribution >= 4 is 29.1 Å². The predicted octanol–water partition coefficient (Wildman–Crippen LogP) is 5.25. The van der Waals surface area contributed by atoms with Crippen LogP contribution in [0.1, 0.15) is 58.9 Å². The SMILES string of the molecule is CC1=NC(=O)C(C)(C2CCN(C=O)CC2)S1.CCCC.Cc1ccc(F)cc1. The number of amides is 2. The molecule has 1 saturated heterocycles. The second-order valence-electron chi connectivity index (χ2n) is 7.36. The highest BCUT2D eigenvalue weighted by Gasteiger charge is 2.46. The first kappa shape index (κ1) is 24.3. The first-order valence-electron chi connectivity index (χ1n) is 9.97. The Balaban J connectivity index is 0.000000272. The Morgan fingerprint density at radius 2 is 1.71 bits per heavy atom. The van der Waals surface area contributed by atoms with Gasteiger partial charge in [0.1, 0.15) is 10.6 Å². The van der Waals surface area contributed by atoms with Crippen molar-refractivity contribution in [3.05, 3.63) is 35.6 Å². The van der Waals surface area contributed by atoms with Crippen molar-refractivity contribution in [1.29, 1.82) is 0 Å². The molecule has 1 atom stereocenters. The number of aliphatic imine (C=N–C) groups is 1. The van der Waals surface area contributed by atoms with Gasteiger partial charge in [-0.2, -0.15) is 0 Å². The largest absolute Gasteiger partial charge is 0.345 e. The van der Waals surface area contributed by atoms with E-state index in [9.17, 15) is 14.0 Å². The minimum Gasteiger partial charge on any atom is -0.345 e. The van der Waals surface area contributed by atoms with Crippen molar-refractivity contribution in [1.82, 2.24) is 4.90 Å². The number of hydrogen-bond donors (Lipinski definition) is 0. The Bertz CT molecular complexity index is 632. The summed E-state index contributed by atoms with van der Waals surface area (Å²) in [5.74, 6) is 0.164. The maximum atomic E-state index is 12.1. The summed E-state index contributed by atoms with van der Waals surface area (Å²) in [6, 6.07) is 6.40. The summed E-state index contributed by atoms with van der Waals surface area (Å²) in [5, 5.41) is 0.866. The van der Waals surface area contributed by atoms with E-state index in [-0.39, 0.29) is 16.5 Å². The molecule has 1 fully saturated rings. The molecule has 2 aliphatic heterocycles. The lowest BCUT2D eigenvalue weighted by molar-refractivity contribution is -0.122. The molecular formula is C22H33FN2O2S. The number of unbranched alkanes of at least 4 members (excludes halogenated alkanes) is 1. The Morgan fingerprint density at radius 1 is 1.18 bits per heavy atom. The van der Waals surface area contributed by atoms with Crippen LogP contribution in [0.4, 0.5) is 4.39 Å². The molecule has 0 aromatic heterocycles. The van der Waals surface area contributed by atoms with Crippen LogP contribution in [0, 0.1) is 18.7 Å². The average Bonchev–Trinajstić information content (AvgIpc) is 2.97. The average molecular weight is 409 g/mol. The van der Waals surface area contributed by atoms with Gasteiger partial charge in [-0.25, -0.2) is 9.38 Å². The lowest BCUT2D eigenvalue weighted by Crippen LogP contribution is -2.44. The Hall–Kier alpha value is -1.69. The van der Waals surface area contributed by atoms with Crippen molar-refractivity contribution in [3.8, 4) is 0 Å². The van der Waals surface area contributed by atoms with Gasteiger partial charge in [-0.1, -0.05) is 56.1 Å². The molecule has 3 rings (SSSR count). The summed E-state index contributed by atoms with van der Waals surface area (Å²) in [6.07, 6.45) is 5.33. The van der Waals surface area contributed by atoms with E-state index in [2.05, 4.69) is 18.8 Å². The molecule has 0 bridgehead atoms. The van der Waals surface area contributed by atoms with Gasteiger partial charge in [0, 0.05) is 13.1 Å². The van der Waals surface area contributed by atoms with Gasteiger partial charge >= 0.3 is 0 Å². The number of rotatable bonds is 3. The standard InChI is InChI=1S/C11H16N2O2S.C7H7F.C4H10/c1-8-12-10(15)11(2,16-8)9-3-5-13(7-14)6-4-9;1-6-2-4-7(8)5-3-6;1-3-4-2/h7,9H,3-6H2,1-2H3;2-5H,1H3;3-4H2,1-2H3. The zero-order chi connectivity index (χ0) is 21.2. The van der Waals surface area contributed by atoms with Crippen LogP contribution in [0.5, 0.6) is 0 Å². The maximum absolute atomic E-state index is 12.1. The van der Waals surface area contributed by atoms with Gasteiger partial charge in [0.25, 0.3) is 5.91 Å². The van der Waals surface area contributed by atoms with Crippen LogP contribution in [0.25, 0.3) is 0 Å². The predicted molar refractivity (Wildman–Crippen MR) is 116 cm³/mol. The summed E-state index contributed by atoms with van der Waals surface area (Å²) in [6.45, 7) is 11.7. The highest BCUT2D eigenvalue weighted by atomic mass is 32.2. The van der Waals surface area contributed by atoms with Gasteiger partial charge in [-0.05, 0) is 51.7 Å². The molecule has 0 radical (unpaired) electrons. The van der Waals surface area contributed by atoms with Crippen LogP contribution in [0.3, 0.4) is 0 Å². The summed E-state index contributed by atoms with van der Waals surface area (Å²) < 4.78 is 11.7. The Morgan fingerprint density at radius 3 is 2.07 bits per heavy atom. The number of aryl methyl sites for hydroxylation is 1. The van der Waals surface area contributed by atoms with E-state index in [0.717, 1.165) is 42.9 Å². The molecule has 1 aromatic carbocycles. The van der Waals surface area contributed by atoms with Crippen LogP contribution >= 0.6 is 11.8 Å². The highest BCUT2D eigenvalue weighted by Crippen LogP contribution is 2.43. The lowest BCUT2D eigenvalue weighted by atomic mass is 9.84. The summed E-state index contributed by atoms with van der Waals surface area (Å²) in [7, 11) is 0.